The maximum atomic E-state index is 12.6. The van der Waals surface area contributed by atoms with Crippen LogP contribution in [-0.2, 0) is 4.79 Å². The van der Waals surface area contributed by atoms with Gasteiger partial charge in [0, 0.05) is 12.1 Å². The van der Waals surface area contributed by atoms with Gasteiger partial charge in [0.1, 0.15) is 11.9 Å². The molecule has 1 aromatic rings. The predicted octanol–water partition coefficient (Wildman–Crippen LogP) is 1.90. The number of nitrogens with zero attached hydrogens (tertiary/aromatic N) is 1. The monoisotopic (exact) mass is 318 g/mol. The number of benzene rings is 1. The highest BCUT2D eigenvalue weighted by molar-refractivity contribution is 7.80. The molecule has 0 aliphatic carbocycles. The summed E-state index contributed by atoms with van der Waals surface area (Å²) in [5, 5.41) is 12.2. The summed E-state index contributed by atoms with van der Waals surface area (Å²) in [5.41, 5.74) is 0.562. The van der Waals surface area contributed by atoms with E-state index in [9.17, 15) is 14.7 Å². The Labute approximate surface area is 134 Å². The molecule has 0 radical (unpaired) electrons. The third kappa shape index (κ3) is 3.92. The van der Waals surface area contributed by atoms with Crippen molar-refractivity contribution in [3.05, 3.63) is 59.9 Å². The smallest absolute Gasteiger partial charge is 0.326 e. The van der Waals surface area contributed by atoms with Crippen LogP contribution in [0.1, 0.15) is 16.8 Å². The van der Waals surface area contributed by atoms with Gasteiger partial charge in [-0.05, 0) is 30.4 Å². The lowest BCUT2D eigenvalue weighted by atomic mass is 10.1. The van der Waals surface area contributed by atoms with E-state index >= 15 is 0 Å². The lowest BCUT2D eigenvalue weighted by Gasteiger charge is -2.29. The van der Waals surface area contributed by atoms with Crippen LogP contribution in [0.15, 0.2) is 54.4 Å². The predicted molar refractivity (Wildman–Crippen MR) is 87.7 cm³/mol. The molecule has 1 atom stereocenters. The Bertz CT molecular complexity index is 599. The maximum Gasteiger partial charge on any atom is 0.326 e. The van der Waals surface area contributed by atoms with Gasteiger partial charge in [0.25, 0.3) is 5.91 Å². The van der Waals surface area contributed by atoms with Crippen LogP contribution in [0.2, 0.25) is 0 Å². The van der Waals surface area contributed by atoms with Crippen molar-refractivity contribution < 1.29 is 14.7 Å². The summed E-state index contributed by atoms with van der Waals surface area (Å²) >= 11 is 4.08. The number of rotatable bonds is 6. The number of hydrogen-bond acceptors (Lipinski definition) is 4. The fourth-order valence-corrected chi connectivity index (χ4v) is 2.39. The van der Waals surface area contributed by atoms with Gasteiger partial charge in [0.15, 0.2) is 0 Å². The number of nitrogens with one attached hydrogen (secondary N) is 1. The molecule has 5 nitrogen and oxygen atoms in total. The Kier molecular flexibility index (Phi) is 5.66. The molecule has 6 heteroatoms. The van der Waals surface area contributed by atoms with E-state index in [-0.39, 0.29) is 5.91 Å². The molecule has 0 bridgehead atoms. The Morgan fingerprint density at radius 2 is 2.05 bits per heavy atom. The van der Waals surface area contributed by atoms with Gasteiger partial charge in [-0.25, -0.2) is 4.79 Å². The van der Waals surface area contributed by atoms with Crippen LogP contribution in [-0.4, -0.2) is 40.2 Å². The Balaban J connectivity index is 2.17. The molecule has 1 amide bonds. The van der Waals surface area contributed by atoms with Gasteiger partial charge in [-0.1, -0.05) is 30.4 Å². The summed E-state index contributed by atoms with van der Waals surface area (Å²) < 4.78 is 0. The van der Waals surface area contributed by atoms with Crippen LogP contribution in [0, 0.1) is 0 Å². The molecule has 0 spiro atoms. The number of carboxylic acid groups (broad SMARTS) is 1. The van der Waals surface area contributed by atoms with E-state index in [2.05, 4.69) is 17.9 Å². The Morgan fingerprint density at radius 1 is 1.32 bits per heavy atom. The van der Waals surface area contributed by atoms with Crippen LogP contribution in [0.5, 0.6) is 0 Å². The minimum absolute atomic E-state index is 0.168. The number of thiol groups is 1. The first-order valence-corrected chi connectivity index (χ1v) is 7.60. The van der Waals surface area contributed by atoms with Crippen LogP contribution in [0.25, 0.3) is 0 Å². The van der Waals surface area contributed by atoms with Crippen LogP contribution < -0.4 is 5.32 Å². The molecule has 0 aromatic heterocycles. The van der Waals surface area contributed by atoms with E-state index in [4.69, 9.17) is 0 Å². The molecule has 1 aliphatic rings. The van der Waals surface area contributed by atoms with Crippen molar-refractivity contribution in [2.45, 2.75) is 12.5 Å². The number of aliphatic carboxylic acids is 1. The normalized spacial score (nSPS) is 15.1. The second-order valence-corrected chi connectivity index (χ2v) is 5.26. The number of allylic oxidation sites excluding steroid dienone is 2. The molecular formula is C16H18N2O3S. The molecule has 1 aromatic carbocycles. The molecule has 0 saturated heterocycles. The number of amides is 1. The zero-order valence-corrected chi connectivity index (χ0v) is 12.9. The topological polar surface area (TPSA) is 69.6 Å². The first kappa shape index (κ1) is 16.2. The third-order valence-corrected chi connectivity index (χ3v) is 3.53. The molecule has 116 valence electrons. The van der Waals surface area contributed by atoms with E-state index in [1.807, 2.05) is 12.1 Å². The molecule has 0 fully saturated rings. The average molecular weight is 318 g/mol. The Hall–Kier alpha value is -2.21. The van der Waals surface area contributed by atoms with Crippen molar-refractivity contribution in [2.75, 3.05) is 12.3 Å². The highest BCUT2D eigenvalue weighted by Crippen LogP contribution is 2.14. The van der Waals surface area contributed by atoms with Crippen molar-refractivity contribution in [1.29, 1.82) is 0 Å². The SMILES string of the molecule is O=C(O)[C@H](CCS)NC1=CC=CCN1C(=O)c1ccccc1. The van der Waals surface area contributed by atoms with Crippen LogP contribution >= 0.6 is 12.6 Å². The minimum atomic E-state index is -0.961. The van der Waals surface area contributed by atoms with Crippen LogP contribution in [0.3, 0.4) is 0 Å². The molecule has 2 rings (SSSR count). The van der Waals surface area contributed by atoms with Crippen molar-refractivity contribution in [1.82, 2.24) is 10.2 Å². The number of carbonyl (C=O) groups excluding carboxylic acids is 1. The summed E-state index contributed by atoms with van der Waals surface area (Å²) in [6, 6.07) is 8.13. The first-order valence-electron chi connectivity index (χ1n) is 6.97. The molecule has 1 aliphatic heterocycles. The minimum Gasteiger partial charge on any atom is -0.480 e. The summed E-state index contributed by atoms with van der Waals surface area (Å²) in [4.78, 5) is 25.4. The number of carbonyl (C=O) groups is 2. The van der Waals surface area contributed by atoms with Gasteiger partial charge < -0.3 is 10.4 Å². The standard InChI is InChI=1S/C16H18N2O3S/c19-15(12-6-2-1-3-7-12)18-10-5-4-8-14(18)17-13(9-11-22)16(20)21/h1-8,13,17,22H,9-11H2,(H,20,21)/t13-/m0/s1. The van der Waals surface area contributed by atoms with E-state index < -0.39 is 12.0 Å². The van der Waals surface area contributed by atoms with Gasteiger partial charge in [0.2, 0.25) is 0 Å². The molecule has 2 N–H and O–H groups in total. The average Bonchev–Trinajstić information content (AvgIpc) is 2.55. The van der Waals surface area contributed by atoms with E-state index in [0.29, 0.717) is 30.1 Å². The van der Waals surface area contributed by atoms with Gasteiger partial charge in [-0.3, -0.25) is 9.69 Å². The lowest BCUT2D eigenvalue weighted by molar-refractivity contribution is -0.139. The van der Waals surface area contributed by atoms with Crippen molar-refractivity contribution >= 4 is 24.5 Å². The largest absolute Gasteiger partial charge is 0.480 e. The van der Waals surface area contributed by atoms with Gasteiger partial charge in [-0.15, -0.1) is 0 Å². The highest BCUT2D eigenvalue weighted by atomic mass is 32.1. The van der Waals surface area contributed by atoms with Gasteiger partial charge in [-0.2, -0.15) is 12.6 Å². The molecular weight excluding hydrogens is 300 g/mol. The van der Waals surface area contributed by atoms with Gasteiger partial charge >= 0.3 is 5.97 Å². The zero-order valence-electron chi connectivity index (χ0n) is 12.0. The zero-order chi connectivity index (χ0) is 15.9. The summed E-state index contributed by atoms with van der Waals surface area (Å²) in [6.07, 6.45) is 5.72. The van der Waals surface area contributed by atoms with Crippen LogP contribution in [0.4, 0.5) is 0 Å². The van der Waals surface area contributed by atoms with Crippen molar-refractivity contribution in [2.24, 2.45) is 0 Å². The molecule has 22 heavy (non-hydrogen) atoms. The summed E-state index contributed by atoms with van der Waals surface area (Å²) in [7, 11) is 0. The summed E-state index contributed by atoms with van der Waals surface area (Å²) in [5.74, 6) is -0.194. The van der Waals surface area contributed by atoms with E-state index in [0.717, 1.165) is 0 Å². The second kappa shape index (κ2) is 7.70. The molecule has 1 heterocycles. The molecule has 0 unspecified atom stereocenters. The van der Waals surface area contributed by atoms with E-state index in [1.165, 1.54) is 4.90 Å². The molecule has 0 saturated carbocycles. The number of carboxylic acids is 1. The summed E-state index contributed by atoms with van der Waals surface area (Å²) in [6.45, 7) is 0.403. The number of hydrogen-bond donors (Lipinski definition) is 3. The Morgan fingerprint density at radius 3 is 2.68 bits per heavy atom. The second-order valence-electron chi connectivity index (χ2n) is 4.81. The third-order valence-electron chi connectivity index (χ3n) is 3.27. The highest BCUT2D eigenvalue weighted by Gasteiger charge is 2.24. The van der Waals surface area contributed by atoms with E-state index in [1.54, 1.807) is 36.4 Å². The van der Waals surface area contributed by atoms with Crippen molar-refractivity contribution in [3.8, 4) is 0 Å². The fourth-order valence-electron chi connectivity index (χ4n) is 2.13. The maximum absolute atomic E-state index is 12.6. The quantitative estimate of drug-likeness (QED) is 0.701. The van der Waals surface area contributed by atoms with Gasteiger partial charge in [0.05, 0.1) is 0 Å². The lowest BCUT2D eigenvalue weighted by Crippen LogP contribution is -2.45. The van der Waals surface area contributed by atoms with Crippen molar-refractivity contribution in [3.63, 3.8) is 0 Å². The fraction of sp³-hybridized carbons (Fsp3) is 0.250. The first-order chi connectivity index (χ1) is 10.6.